The number of alkyl carbamates (subject to hydrolysis) is 1. The molecule has 1 saturated carbocycles. The van der Waals surface area contributed by atoms with Crippen LogP contribution in [0.3, 0.4) is 0 Å². The maximum absolute atomic E-state index is 10.6. The van der Waals surface area contributed by atoms with E-state index >= 15 is 0 Å². The molecule has 0 atom stereocenters. The Morgan fingerprint density at radius 1 is 1.58 bits per heavy atom. The van der Waals surface area contributed by atoms with E-state index in [0.717, 1.165) is 0 Å². The molecule has 1 amide bonds. The Kier molecular flexibility index (Phi) is 2.21. The summed E-state index contributed by atoms with van der Waals surface area (Å²) in [5.74, 6) is -0.848. The van der Waals surface area contributed by atoms with Crippen molar-refractivity contribution in [2.45, 2.75) is 12.8 Å². The third-order valence-corrected chi connectivity index (χ3v) is 2.06. The third kappa shape index (κ3) is 1.66. The summed E-state index contributed by atoms with van der Waals surface area (Å²) in [4.78, 5) is 21.2. The van der Waals surface area contributed by atoms with Crippen LogP contribution in [0.15, 0.2) is 0 Å². The molecule has 0 spiro atoms. The van der Waals surface area contributed by atoms with Gasteiger partial charge in [0.25, 0.3) is 0 Å². The normalized spacial score (nSPS) is 18.1. The Morgan fingerprint density at radius 2 is 2.17 bits per heavy atom. The lowest BCUT2D eigenvalue weighted by molar-refractivity contribution is -0.143. The van der Waals surface area contributed by atoms with E-state index in [1.807, 2.05) is 0 Å². The Bertz CT molecular complexity index is 209. The minimum Gasteiger partial charge on any atom is -0.481 e. The van der Waals surface area contributed by atoms with Gasteiger partial charge in [0.1, 0.15) is 0 Å². The monoisotopic (exact) mass is 173 g/mol. The van der Waals surface area contributed by atoms with Crippen LogP contribution in [0.5, 0.6) is 0 Å². The summed E-state index contributed by atoms with van der Waals surface area (Å²) in [5, 5.41) is 11.1. The largest absolute Gasteiger partial charge is 0.481 e. The molecule has 0 aromatic carbocycles. The van der Waals surface area contributed by atoms with Gasteiger partial charge in [-0.1, -0.05) is 0 Å². The van der Waals surface area contributed by atoms with E-state index in [4.69, 9.17) is 5.11 Å². The first-order valence-corrected chi connectivity index (χ1v) is 3.66. The van der Waals surface area contributed by atoms with Crippen molar-refractivity contribution in [1.29, 1.82) is 0 Å². The van der Waals surface area contributed by atoms with Crippen molar-refractivity contribution >= 4 is 12.1 Å². The lowest BCUT2D eigenvalue weighted by atomic mass is 10.1. The molecule has 1 aliphatic rings. The highest BCUT2D eigenvalue weighted by Crippen LogP contribution is 2.45. The Hall–Kier alpha value is -1.26. The summed E-state index contributed by atoms with van der Waals surface area (Å²) in [7, 11) is 1.25. The second kappa shape index (κ2) is 3.00. The van der Waals surface area contributed by atoms with Crippen LogP contribution in [-0.4, -0.2) is 30.8 Å². The number of rotatable bonds is 3. The third-order valence-electron chi connectivity index (χ3n) is 2.06. The number of carbonyl (C=O) groups excluding carboxylic acids is 1. The number of hydrogen-bond acceptors (Lipinski definition) is 3. The average molecular weight is 173 g/mol. The van der Waals surface area contributed by atoms with Crippen molar-refractivity contribution in [3.05, 3.63) is 0 Å². The average Bonchev–Trinajstić information content (AvgIpc) is 2.81. The fourth-order valence-electron chi connectivity index (χ4n) is 0.931. The lowest BCUT2D eigenvalue weighted by Gasteiger charge is -2.09. The maximum Gasteiger partial charge on any atom is 0.406 e. The number of carboxylic acids is 1. The molecule has 68 valence electrons. The molecule has 1 aliphatic carbocycles. The standard InChI is InChI=1S/C7H11NO4/c1-12-6(11)8-4-7(2-3-7)5(9)10/h2-4H2,1H3,(H,8,11)(H,9,10). The van der Waals surface area contributed by atoms with Crippen LogP contribution in [-0.2, 0) is 9.53 Å². The molecule has 0 heterocycles. The van der Waals surface area contributed by atoms with Gasteiger partial charge in [-0.3, -0.25) is 4.79 Å². The first-order chi connectivity index (χ1) is 5.60. The summed E-state index contributed by atoms with van der Waals surface area (Å²) in [6, 6.07) is 0. The van der Waals surface area contributed by atoms with Crippen molar-refractivity contribution in [2.24, 2.45) is 5.41 Å². The van der Waals surface area contributed by atoms with Gasteiger partial charge in [-0.2, -0.15) is 0 Å². The molecule has 5 nitrogen and oxygen atoms in total. The Labute approximate surface area is 69.7 Å². The van der Waals surface area contributed by atoms with E-state index in [2.05, 4.69) is 10.1 Å². The van der Waals surface area contributed by atoms with Crippen LogP contribution < -0.4 is 5.32 Å². The first-order valence-electron chi connectivity index (χ1n) is 3.66. The summed E-state index contributed by atoms with van der Waals surface area (Å²) in [6.45, 7) is 0.162. The van der Waals surface area contributed by atoms with Crippen LogP contribution in [0, 0.1) is 5.41 Å². The molecule has 0 bridgehead atoms. The predicted molar refractivity (Wildman–Crippen MR) is 39.7 cm³/mol. The summed E-state index contributed by atoms with van der Waals surface area (Å²) in [5.41, 5.74) is -0.714. The molecule has 0 aliphatic heterocycles. The zero-order valence-corrected chi connectivity index (χ0v) is 6.79. The second-order valence-electron chi connectivity index (χ2n) is 2.93. The van der Waals surface area contributed by atoms with Crippen LogP contribution >= 0.6 is 0 Å². The number of carbonyl (C=O) groups is 2. The summed E-state index contributed by atoms with van der Waals surface area (Å²) < 4.78 is 4.31. The van der Waals surface area contributed by atoms with Gasteiger partial charge in [0.15, 0.2) is 0 Å². The number of amides is 1. The molecule has 0 unspecified atom stereocenters. The molecular weight excluding hydrogens is 162 g/mol. The number of ether oxygens (including phenoxy) is 1. The fourth-order valence-corrected chi connectivity index (χ4v) is 0.931. The number of aliphatic carboxylic acids is 1. The highest BCUT2D eigenvalue weighted by atomic mass is 16.5. The van der Waals surface area contributed by atoms with Gasteiger partial charge in [-0.05, 0) is 12.8 Å². The molecule has 1 rings (SSSR count). The molecule has 12 heavy (non-hydrogen) atoms. The molecular formula is C7H11NO4. The minimum absolute atomic E-state index is 0.162. The van der Waals surface area contributed by atoms with E-state index in [-0.39, 0.29) is 6.54 Å². The summed E-state index contributed by atoms with van der Waals surface area (Å²) in [6.07, 6.45) is 0.682. The maximum atomic E-state index is 10.6. The molecule has 0 aromatic heterocycles. The molecule has 2 N–H and O–H groups in total. The number of nitrogens with one attached hydrogen (secondary N) is 1. The van der Waals surface area contributed by atoms with Crippen molar-refractivity contribution < 1.29 is 19.4 Å². The van der Waals surface area contributed by atoms with Gasteiger partial charge in [0.05, 0.1) is 12.5 Å². The van der Waals surface area contributed by atoms with Crippen molar-refractivity contribution in [3.8, 4) is 0 Å². The van der Waals surface area contributed by atoms with E-state index in [9.17, 15) is 9.59 Å². The van der Waals surface area contributed by atoms with Crippen LogP contribution in [0.4, 0.5) is 4.79 Å². The smallest absolute Gasteiger partial charge is 0.406 e. The fraction of sp³-hybridized carbons (Fsp3) is 0.714. The quantitative estimate of drug-likeness (QED) is 0.639. The second-order valence-corrected chi connectivity index (χ2v) is 2.93. The van der Waals surface area contributed by atoms with Gasteiger partial charge in [0.2, 0.25) is 0 Å². The van der Waals surface area contributed by atoms with Gasteiger partial charge in [-0.25, -0.2) is 4.79 Å². The molecule has 0 radical (unpaired) electrons. The highest BCUT2D eigenvalue weighted by Gasteiger charge is 2.50. The van der Waals surface area contributed by atoms with Gasteiger partial charge in [-0.15, -0.1) is 0 Å². The number of hydrogen-bond donors (Lipinski definition) is 2. The van der Waals surface area contributed by atoms with Crippen molar-refractivity contribution in [2.75, 3.05) is 13.7 Å². The molecule has 1 fully saturated rings. The van der Waals surface area contributed by atoms with Gasteiger partial charge in [0, 0.05) is 6.54 Å². The van der Waals surface area contributed by atoms with Crippen LogP contribution in [0.2, 0.25) is 0 Å². The molecule has 0 aromatic rings. The van der Waals surface area contributed by atoms with Crippen molar-refractivity contribution in [3.63, 3.8) is 0 Å². The Morgan fingerprint density at radius 3 is 2.50 bits per heavy atom. The Balaban J connectivity index is 2.32. The number of methoxy groups -OCH3 is 1. The summed E-state index contributed by atoms with van der Waals surface area (Å²) >= 11 is 0. The number of carboxylic acid groups (broad SMARTS) is 1. The first kappa shape index (κ1) is 8.83. The molecule has 5 heteroatoms. The van der Waals surface area contributed by atoms with E-state index < -0.39 is 17.5 Å². The predicted octanol–water partition coefficient (Wildman–Crippen LogP) is 0.207. The van der Waals surface area contributed by atoms with Gasteiger partial charge >= 0.3 is 12.1 Å². The minimum atomic E-state index is -0.848. The van der Waals surface area contributed by atoms with Crippen LogP contribution in [0.1, 0.15) is 12.8 Å². The van der Waals surface area contributed by atoms with E-state index in [0.29, 0.717) is 12.8 Å². The zero-order chi connectivity index (χ0) is 9.19. The van der Waals surface area contributed by atoms with Crippen LogP contribution in [0.25, 0.3) is 0 Å². The zero-order valence-electron chi connectivity index (χ0n) is 6.79. The SMILES string of the molecule is COC(=O)NCC1(C(=O)O)CC1. The lowest BCUT2D eigenvalue weighted by Crippen LogP contribution is -2.33. The van der Waals surface area contributed by atoms with Gasteiger partial charge < -0.3 is 15.2 Å². The van der Waals surface area contributed by atoms with Crippen molar-refractivity contribution in [1.82, 2.24) is 5.32 Å². The van der Waals surface area contributed by atoms with E-state index in [1.165, 1.54) is 7.11 Å². The van der Waals surface area contributed by atoms with E-state index in [1.54, 1.807) is 0 Å². The topological polar surface area (TPSA) is 75.6 Å². The highest BCUT2D eigenvalue weighted by molar-refractivity contribution is 5.79. The molecule has 0 saturated heterocycles.